The topological polar surface area (TPSA) is 46.2 Å². The van der Waals surface area contributed by atoms with Crippen LogP contribution >= 0.6 is 7.92 Å². The van der Waals surface area contributed by atoms with Crippen LogP contribution in [0, 0.1) is 0 Å². The molecule has 2 amide bonds. The van der Waals surface area contributed by atoms with Crippen molar-refractivity contribution in [2.24, 2.45) is 0 Å². The number of hydrogen-bond acceptors (Lipinski definition) is 2. The summed E-state index contributed by atoms with van der Waals surface area (Å²) in [6.45, 7) is 13.0. The minimum Gasteiger partial charge on any atom is -0.292 e. The number of nitrogens with one attached hydrogen (secondary N) is 1. The van der Waals surface area contributed by atoms with E-state index in [2.05, 4.69) is 46.9 Å². The molecule has 1 N–H and O–H groups in total. The highest BCUT2D eigenvalue weighted by Gasteiger charge is 2.35. The molecule has 4 heteroatoms. The molecule has 0 bridgehead atoms. The number of hydrogen-bond donors (Lipinski definition) is 1. The number of carbonyl (C=O) groups is 2. The van der Waals surface area contributed by atoms with Crippen molar-refractivity contribution >= 4 is 19.7 Å². The van der Waals surface area contributed by atoms with Gasteiger partial charge in [-0.05, 0) is 22.4 Å². The van der Waals surface area contributed by atoms with Gasteiger partial charge in [0.1, 0.15) is 0 Å². The van der Waals surface area contributed by atoms with Crippen LogP contribution in [0.25, 0.3) is 0 Å². The second-order valence-electron chi connectivity index (χ2n) is 7.17. The van der Waals surface area contributed by atoms with Crippen LogP contribution in [0.4, 0.5) is 0 Å². The Labute approximate surface area is 129 Å². The van der Waals surface area contributed by atoms with E-state index in [1.807, 2.05) is 6.07 Å². The van der Waals surface area contributed by atoms with Gasteiger partial charge in [0, 0.05) is 11.7 Å². The van der Waals surface area contributed by atoms with Crippen molar-refractivity contribution < 1.29 is 9.59 Å². The van der Waals surface area contributed by atoms with E-state index >= 15 is 0 Å². The third kappa shape index (κ3) is 5.59. The third-order valence-corrected chi connectivity index (χ3v) is 7.05. The van der Waals surface area contributed by atoms with E-state index in [0.717, 1.165) is 0 Å². The zero-order chi connectivity index (χ0) is 16.3. The quantitative estimate of drug-likeness (QED) is 0.857. The van der Waals surface area contributed by atoms with E-state index in [1.54, 1.807) is 24.3 Å². The van der Waals surface area contributed by atoms with E-state index in [-0.39, 0.29) is 22.1 Å². The van der Waals surface area contributed by atoms with Gasteiger partial charge in [0.05, 0.1) is 0 Å². The molecule has 0 saturated carbocycles. The summed E-state index contributed by atoms with van der Waals surface area (Å²) in [7, 11) is -0.546. The van der Waals surface area contributed by atoms with Crippen molar-refractivity contribution in [3.05, 3.63) is 35.9 Å². The van der Waals surface area contributed by atoms with Crippen LogP contribution in [0.3, 0.4) is 0 Å². The van der Waals surface area contributed by atoms with Gasteiger partial charge in [0.2, 0.25) is 5.91 Å². The van der Waals surface area contributed by atoms with Crippen LogP contribution in [0.2, 0.25) is 0 Å². The molecule has 0 aliphatic rings. The average molecular weight is 307 g/mol. The summed E-state index contributed by atoms with van der Waals surface area (Å²) >= 11 is 0. The molecule has 0 saturated heterocycles. The van der Waals surface area contributed by atoms with Gasteiger partial charge in [-0.3, -0.25) is 14.9 Å². The molecule has 0 fully saturated rings. The predicted molar refractivity (Wildman–Crippen MR) is 90.2 cm³/mol. The molecular formula is C17H26NO2P. The van der Waals surface area contributed by atoms with Crippen molar-refractivity contribution in [1.29, 1.82) is 0 Å². The van der Waals surface area contributed by atoms with Gasteiger partial charge in [-0.15, -0.1) is 0 Å². The number of carbonyl (C=O) groups excluding carboxylic acids is 2. The third-order valence-electron chi connectivity index (χ3n) is 3.21. The Morgan fingerprint density at radius 2 is 1.43 bits per heavy atom. The van der Waals surface area contributed by atoms with Crippen LogP contribution in [-0.2, 0) is 4.79 Å². The van der Waals surface area contributed by atoms with Crippen molar-refractivity contribution in [2.45, 2.75) is 51.9 Å². The van der Waals surface area contributed by atoms with Gasteiger partial charge in [0.15, 0.2) is 0 Å². The van der Waals surface area contributed by atoms with Crippen LogP contribution in [0.15, 0.2) is 30.3 Å². The summed E-state index contributed by atoms with van der Waals surface area (Å²) in [4.78, 5) is 24.2. The first kappa shape index (κ1) is 17.8. The Hall–Kier alpha value is -1.21. The Bertz CT molecular complexity index is 484. The maximum absolute atomic E-state index is 12.2. The molecule has 0 atom stereocenters. The minimum atomic E-state index is -0.546. The van der Waals surface area contributed by atoms with E-state index < -0.39 is 7.92 Å². The number of imide groups is 1. The lowest BCUT2D eigenvalue weighted by atomic mass is 10.2. The SMILES string of the molecule is CC(C)(C)P(CC(=O)NC(=O)c1ccccc1)C(C)(C)C. The van der Waals surface area contributed by atoms with Crippen molar-refractivity contribution in [2.75, 3.05) is 6.16 Å². The average Bonchev–Trinajstić information content (AvgIpc) is 2.34. The Balaban J connectivity index is 2.74. The molecule has 1 rings (SSSR count). The molecule has 1 aromatic rings. The highest BCUT2D eigenvalue weighted by atomic mass is 31.1. The first-order chi connectivity index (χ1) is 9.51. The van der Waals surface area contributed by atoms with E-state index in [9.17, 15) is 9.59 Å². The smallest absolute Gasteiger partial charge is 0.257 e. The monoisotopic (exact) mass is 307 g/mol. The van der Waals surface area contributed by atoms with Crippen LogP contribution in [0.1, 0.15) is 51.9 Å². The lowest BCUT2D eigenvalue weighted by Gasteiger charge is -2.41. The molecule has 0 spiro atoms. The summed E-state index contributed by atoms with van der Waals surface area (Å²) < 4.78 is 0. The number of benzene rings is 1. The molecule has 21 heavy (non-hydrogen) atoms. The first-order valence-corrected chi connectivity index (χ1v) is 8.71. The van der Waals surface area contributed by atoms with Gasteiger partial charge < -0.3 is 0 Å². The van der Waals surface area contributed by atoms with E-state index in [1.165, 1.54) is 0 Å². The normalized spacial score (nSPS) is 12.3. The molecule has 0 aliphatic heterocycles. The summed E-state index contributed by atoms with van der Waals surface area (Å²) in [6.07, 6.45) is 0.418. The van der Waals surface area contributed by atoms with Gasteiger partial charge in [-0.2, -0.15) is 0 Å². The van der Waals surface area contributed by atoms with Gasteiger partial charge >= 0.3 is 0 Å². The minimum absolute atomic E-state index is 0.0702. The fourth-order valence-electron chi connectivity index (χ4n) is 2.45. The summed E-state index contributed by atoms with van der Waals surface area (Å²) in [5, 5.41) is 2.65. The number of amides is 2. The van der Waals surface area contributed by atoms with Crippen molar-refractivity contribution in [3.8, 4) is 0 Å². The standard InChI is InChI=1S/C17H26NO2P/c1-16(2,3)21(17(4,5)6)12-14(19)18-15(20)13-10-8-7-9-11-13/h7-11H,12H2,1-6H3,(H,18,19,20). The maximum Gasteiger partial charge on any atom is 0.257 e. The summed E-state index contributed by atoms with van der Waals surface area (Å²) in [6, 6.07) is 8.84. The van der Waals surface area contributed by atoms with Crippen LogP contribution in [-0.4, -0.2) is 28.3 Å². The van der Waals surface area contributed by atoms with Gasteiger partial charge in [-0.25, -0.2) is 0 Å². The lowest BCUT2D eigenvalue weighted by Crippen LogP contribution is -2.36. The highest BCUT2D eigenvalue weighted by Crippen LogP contribution is 2.58. The predicted octanol–water partition coefficient (Wildman–Crippen LogP) is 4.02. The molecule has 0 heterocycles. The number of rotatable bonds is 3. The van der Waals surface area contributed by atoms with Crippen molar-refractivity contribution in [1.82, 2.24) is 5.32 Å². The molecule has 0 aromatic heterocycles. The van der Waals surface area contributed by atoms with Crippen LogP contribution in [0.5, 0.6) is 0 Å². The molecule has 0 unspecified atom stereocenters. The molecule has 116 valence electrons. The Kier molecular flexibility index (Phi) is 5.69. The molecule has 0 aliphatic carbocycles. The Morgan fingerprint density at radius 3 is 1.86 bits per heavy atom. The summed E-state index contributed by atoms with van der Waals surface area (Å²) in [5.74, 6) is -0.502. The van der Waals surface area contributed by atoms with Crippen LogP contribution < -0.4 is 5.32 Å². The zero-order valence-corrected chi connectivity index (χ0v) is 14.8. The first-order valence-electron chi connectivity index (χ1n) is 7.19. The van der Waals surface area contributed by atoms with Gasteiger partial charge in [-0.1, -0.05) is 67.7 Å². The second-order valence-corrected chi connectivity index (χ2v) is 11.0. The molecule has 1 aromatic carbocycles. The largest absolute Gasteiger partial charge is 0.292 e. The Morgan fingerprint density at radius 1 is 0.952 bits per heavy atom. The fourth-order valence-corrected chi connectivity index (χ4v) is 5.78. The molecule has 3 nitrogen and oxygen atoms in total. The molecule has 0 radical (unpaired) electrons. The zero-order valence-electron chi connectivity index (χ0n) is 13.9. The van der Waals surface area contributed by atoms with E-state index in [0.29, 0.717) is 11.7 Å². The summed E-state index contributed by atoms with van der Waals surface area (Å²) in [5.41, 5.74) is 0.515. The van der Waals surface area contributed by atoms with Crippen molar-refractivity contribution in [3.63, 3.8) is 0 Å². The lowest BCUT2D eigenvalue weighted by molar-refractivity contribution is -0.117. The molecular weight excluding hydrogens is 281 g/mol. The highest BCUT2D eigenvalue weighted by molar-refractivity contribution is 7.61. The fraction of sp³-hybridized carbons (Fsp3) is 0.529. The van der Waals surface area contributed by atoms with E-state index in [4.69, 9.17) is 0 Å². The maximum atomic E-state index is 12.2. The van der Waals surface area contributed by atoms with Gasteiger partial charge in [0.25, 0.3) is 5.91 Å². The second kappa shape index (κ2) is 6.70.